The van der Waals surface area contributed by atoms with Crippen LogP contribution in [0.3, 0.4) is 0 Å². The number of hydrogen-bond donors (Lipinski definition) is 0. The summed E-state index contributed by atoms with van der Waals surface area (Å²) in [7, 11) is 0. The van der Waals surface area contributed by atoms with Gasteiger partial charge in [-0.1, -0.05) is 12.1 Å². The molecule has 14 heavy (non-hydrogen) atoms. The lowest BCUT2D eigenvalue weighted by Gasteiger charge is -2.33. The van der Waals surface area contributed by atoms with Crippen LogP contribution in [0.15, 0.2) is 24.3 Å². The van der Waals surface area contributed by atoms with E-state index in [1.807, 2.05) is 32.0 Å². The van der Waals surface area contributed by atoms with Crippen LogP contribution in [0.5, 0.6) is 5.75 Å². The van der Waals surface area contributed by atoms with Gasteiger partial charge in [0.1, 0.15) is 5.75 Å². The molecule has 1 aliphatic rings. The zero-order valence-electron chi connectivity index (χ0n) is 8.36. The number of carbonyl (C=O) groups excluding carboxylic acids is 1. The van der Waals surface area contributed by atoms with E-state index in [2.05, 4.69) is 0 Å². The van der Waals surface area contributed by atoms with Gasteiger partial charge in [-0.15, -0.1) is 0 Å². The van der Waals surface area contributed by atoms with Crippen molar-refractivity contribution in [3.63, 3.8) is 0 Å². The summed E-state index contributed by atoms with van der Waals surface area (Å²) in [6.45, 7) is 4.51. The fraction of sp³-hybridized carbons (Fsp3) is 0.364. The molecule has 0 spiro atoms. The van der Waals surface area contributed by atoms with Crippen LogP contribution in [0, 0.1) is 0 Å². The van der Waals surface area contributed by atoms with Crippen LogP contribution < -0.4 is 4.74 Å². The van der Waals surface area contributed by atoms with Crippen LogP contribution in [-0.4, -0.2) is 23.6 Å². The van der Waals surface area contributed by atoms with Crippen LogP contribution >= 0.6 is 0 Å². The third-order valence-electron chi connectivity index (χ3n) is 2.46. The van der Waals surface area contributed by atoms with Crippen molar-refractivity contribution in [2.75, 3.05) is 6.54 Å². The molecule has 0 bridgehead atoms. The van der Waals surface area contributed by atoms with Gasteiger partial charge >= 0.3 is 0 Å². The van der Waals surface area contributed by atoms with Gasteiger partial charge in [0.25, 0.3) is 5.91 Å². The Labute approximate surface area is 83.3 Å². The van der Waals surface area contributed by atoms with Crippen molar-refractivity contribution in [3.8, 4) is 5.75 Å². The Morgan fingerprint density at radius 2 is 2.14 bits per heavy atom. The minimum Gasteiger partial charge on any atom is -0.470 e. The Morgan fingerprint density at radius 1 is 1.43 bits per heavy atom. The van der Waals surface area contributed by atoms with Gasteiger partial charge in [-0.25, -0.2) is 0 Å². The summed E-state index contributed by atoms with van der Waals surface area (Å²) in [6, 6.07) is 7.35. The number of rotatable bonds is 1. The molecule has 3 nitrogen and oxygen atoms in total. The van der Waals surface area contributed by atoms with Crippen LogP contribution in [-0.2, 0) is 0 Å². The lowest BCUT2D eigenvalue weighted by atomic mass is 10.1. The summed E-state index contributed by atoms with van der Waals surface area (Å²) in [5, 5.41) is 0. The second-order valence-corrected chi connectivity index (χ2v) is 3.30. The molecule has 0 aromatic heterocycles. The number of carbonyl (C=O) groups is 1. The Bertz CT molecular complexity index is 362. The largest absolute Gasteiger partial charge is 0.470 e. The van der Waals surface area contributed by atoms with Crippen LogP contribution in [0.25, 0.3) is 0 Å². The van der Waals surface area contributed by atoms with Crippen molar-refractivity contribution in [2.24, 2.45) is 0 Å². The lowest BCUT2D eigenvalue weighted by Crippen LogP contribution is -2.45. The lowest BCUT2D eigenvalue weighted by molar-refractivity contribution is 0.0206. The number of benzene rings is 1. The van der Waals surface area contributed by atoms with Gasteiger partial charge in [-0.2, -0.15) is 0 Å². The third kappa shape index (κ3) is 1.25. The number of para-hydroxylation sites is 1. The maximum absolute atomic E-state index is 11.9. The molecular weight excluding hydrogens is 178 g/mol. The fourth-order valence-corrected chi connectivity index (χ4v) is 1.71. The predicted octanol–water partition coefficient (Wildman–Crippen LogP) is 1.89. The highest BCUT2D eigenvalue weighted by atomic mass is 16.5. The van der Waals surface area contributed by atoms with Gasteiger partial charge in [0.05, 0.1) is 5.56 Å². The van der Waals surface area contributed by atoms with Crippen molar-refractivity contribution >= 4 is 5.91 Å². The summed E-state index contributed by atoms with van der Waals surface area (Å²) in [5.74, 6) is 0.747. The molecule has 3 heteroatoms. The smallest absolute Gasteiger partial charge is 0.260 e. The molecule has 0 saturated heterocycles. The number of ether oxygens (including phenoxy) is 1. The van der Waals surface area contributed by atoms with E-state index in [4.69, 9.17) is 4.74 Å². The van der Waals surface area contributed by atoms with Crippen molar-refractivity contribution in [2.45, 2.75) is 20.1 Å². The molecule has 0 saturated carbocycles. The highest BCUT2D eigenvalue weighted by molar-refractivity contribution is 5.97. The second kappa shape index (κ2) is 3.33. The summed E-state index contributed by atoms with van der Waals surface area (Å²) < 4.78 is 5.61. The molecule has 0 unspecified atom stereocenters. The molecule has 0 N–H and O–H groups in total. The van der Waals surface area contributed by atoms with E-state index in [1.54, 1.807) is 11.0 Å². The van der Waals surface area contributed by atoms with E-state index in [9.17, 15) is 4.79 Å². The zero-order chi connectivity index (χ0) is 10.1. The fourth-order valence-electron chi connectivity index (χ4n) is 1.71. The zero-order valence-corrected chi connectivity index (χ0v) is 8.36. The van der Waals surface area contributed by atoms with Gasteiger partial charge in [-0.05, 0) is 26.0 Å². The number of amides is 1. The third-order valence-corrected chi connectivity index (χ3v) is 2.46. The van der Waals surface area contributed by atoms with Gasteiger partial charge in [0.2, 0.25) is 0 Å². The maximum Gasteiger partial charge on any atom is 0.260 e. The van der Waals surface area contributed by atoms with Crippen molar-refractivity contribution < 1.29 is 9.53 Å². The van der Waals surface area contributed by atoms with Crippen LogP contribution in [0.1, 0.15) is 24.2 Å². The van der Waals surface area contributed by atoms with Crippen molar-refractivity contribution in [1.29, 1.82) is 0 Å². The Hall–Kier alpha value is -1.51. The first-order valence-corrected chi connectivity index (χ1v) is 4.80. The average Bonchev–Trinajstić information content (AvgIpc) is 2.18. The van der Waals surface area contributed by atoms with E-state index < -0.39 is 0 Å². The minimum atomic E-state index is -0.164. The van der Waals surface area contributed by atoms with Gasteiger partial charge in [0, 0.05) is 6.54 Å². The molecule has 1 aromatic carbocycles. The molecule has 0 fully saturated rings. The first-order valence-electron chi connectivity index (χ1n) is 4.80. The Balaban J connectivity index is 2.43. The number of nitrogens with zero attached hydrogens (tertiary/aromatic N) is 1. The second-order valence-electron chi connectivity index (χ2n) is 3.30. The molecule has 1 aromatic rings. The Morgan fingerprint density at radius 3 is 2.86 bits per heavy atom. The molecule has 1 amide bonds. The van der Waals surface area contributed by atoms with Crippen LogP contribution in [0.2, 0.25) is 0 Å². The number of hydrogen-bond acceptors (Lipinski definition) is 2. The van der Waals surface area contributed by atoms with E-state index in [-0.39, 0.29) is 12.1 Å². The van der Waals surface area contributed by atoms with E-state index in [0.29, 0.717) is 17.9 Å². The highest BCUT2D eigenvalue weighted by Crippen LogP contribution is 2.26. The molecule has 2 rings (SSSR count). The monoisotopic (exact) mass is 191 g/mol. The van der Waals surface area contributed by atoms with E-state index in [1.165, 1.54) is 0 Å². The SMILES string of the molecule is CCN1C(=O)c2ccccc2O[C@H]1C. The van der Waals surface area contributed by atoms with E-state index >= 15 is 0 Å². The summed E-state index contributed by atoms with van der Waals surface area (Å²) in [6.07, 6.45) is -0.164. The quantitative estimate of drug-likeness (QED) is 0.678. The molecule has 0 aliphatic carbocycles. The average molecular weight is 191 g/mol. The Kier molecular flexibility index (Phi) is 2.15. The van der Waals surface area contributed by atoms with Gasteiger partial charge in [0.15, 0.2) is 6.23 Å². The topological polar surface area (TPSA) is 29.5 Å². The highest BCUT2D eigenvalue weighted by Gasteiger charge is 2.29. The summed E-state index contributed by atoms with van der Waals surface area (Å²) in [5.41, 5.74) is 0.660. The standard InChI is InChI=1S/C11H13NO2/c1-3-12-8(2)14-10-7-5-4-6-9(10)11(12)13/h4-8H,3H2,1-2H3/t8-/m0/s1. The molecule has 1 atom stereocenters. The van der Waals surface area contributed by atoms with E-state index in [0.717, 1.165) is 0 Å². The van der Waals surface area contributed by atoms with Gasteiger partial charge in [-0.3, -0.25) is 4.79 Å². The molecule has 1 heterocycles. The number of fused-ring (bicyclic) bond motifs is 1. The molecular formula is C11H13NO2. The summed E-state index contributed by atoms with van der Waals surface area (Å²) in [4.78, 5) is 13.6. The van der Waals surface area contributed by atoms with Crippen molar-refractivity contribution in [1.82, 2.24) is 4.90 Å². The molecule has 1 aliphatic heterocycles. The van der Waals surface area contributed by atoms with Crippen molar-refractivity contribution in [3.05, 3.63) is 29.8 Å². The predicted molar refractivity (Wildman–Crippen MR) is 53.2 cm³/mol. The maximum atomic E-state index is 11.9. The first kappa shape index (κ1) is 9.06. The minimum absolute atomic E-state index is 0.0573. The molecule has 0 radical (unpaired) electrons. The first-order chi connectivity index (χ1) is 6.74. The van der Waals surface area contributed by atoms with Gasteiger partial charge < -0.3 is 9.64 Å². The molecule has 74 valence electrons. The normalized spacial score (nSPS) is 20.3. The summed E-state index contributed by atoms with van der Waals surface area (Å²) >= 11 is 0. The van der Waals surface area contributed by atoms with Crippen LogP contribution in [0.4, 0.5) is 0 Å².